The molecule has 194 valence electrons. The van der Waals surface area contributed by atoms with Crippen molar-refractivity contribution >= 4 is 17.3 Å². The fourth-order valence-electron chi connectivity index (χ4n) is 5.66. The highest BCUT2D eigenvalue weighted by Gasteiger charge is 2.29. The molecule has 2 unspecified atom stereocenters. The van der Waals surface area contributed by atoms with Crippen molar-refractivity contribution in [2.24, 2.45) is 5.92 Å². The molecule has 0 aliphatic carbocycles. The Labute approximate surface area is 220 Å². The number of anilines is 2. The second-order valence-electron chi connectivity index (χ2n) is 10.5. The molecule has 2 atom stereocenters. The summed E-state index contributed by atoms with van der Waals surface area (Å²) in [5, 5.41) is 0. The summed E-state index contributed by atoms with van der Waals surface area (Å²) in [6, 6.07) is 20.8. The number of carbonyl (C=O) groups excluding carboxylic acids is 1. The van der Waals surface area contributed by atoms with E-state index >= 15 is 0 Å². The largest absolute Gasteiger partial charge is 0.371 e. The van der Waals surface area contributed by atoms with Crippen LogP contribution in [0, 0.1) is 12.8 Å². The quantitative estimate of drug-likeness (QED) is 0.364. The van der Waals surface area contributed by atoms with Crippen LogP contribution < -0.4 is 9.80 Å². The highest BCUT2D eigenvalue weighted by Crippen LogP contribution is 2.31. The Morgan fingerprint density at radius 3 is 2.68 bits per heavy atom. The molecule has 6 heteroatoms. The van der Waals surface area contributed by atoms with E-state index in [0.29, 0.717) is 12.2 Å². The van der Waals surface area contributed by atoms with Crippen LogP contribution in [0.5, 0.6) is 0 Å². The molecule has 3 aromatic rings. The SMILES string of the molecule is Cc1cc(N2CCC(CN3CCCC3C)C2)ccc1N(COCc1ccccc1)C(=O)c1cccnc1. The second-order valence-corrected chi connectivity index (χ2v) is 10.5. The van der Waals surface area contributed by atoms with E-state index in [1.807, 2.05) is 30.3 Å². The molecule has 2 aliphatic heterocycles. The molecular weight excluding hydrogens is 460 g/mol. The van der Waals surface area contributed by atoms with Gasteiger partial charge in [0.25, 0.3) is 5.91 Å². The van der Waals surface area contributed by atoms with Gasteiger partial charge in [-0.25, -0.2) is 0 Å². The molecule has 3 heterocycles. The van der Waals surface area contributed by atoms with E-state index < -0.39 is 0 Å². The first-order valence-corrected chi connectivity index (χ1v) is 13.5. The van der Waals surface area contributed by atoms with Crippen molar-refractivity contribution in [1.29, 1.82) is 0 Å². The van der Waals surface area contributed by atoms with E-state index in [0.717, 1.165) is 41.9 Å². The third-order valence-electron chi connectivity index (χ3n) is 7.79. The van der Waals surface area contributed by atoms with Gasteiger partial charge in [0.1, 0.15) is 6.73 Å². The van der Waals surface area contributed by atoms with Crippen LogP contribution in [0.3, 0.4) is 0 Å². The number of ether oxygens (including phenoxy) is 1. The van der Waals surface area contributed by atoms with Gasteiger partial charge < -0.3 is 14.5 Å². The molecule has 1 aromatic heterocycles. The number of aryl methyl sites for hydroxylation is 1. The minimum Gasteiger partial charge on any atom is -0.371 e. The first-order valence-electron chi connectivity index (χ1n) is 13.5. The number of nitrogens with zero attached hydrogens (tertiary/aromatic N) is 4. The van der Waals surface area contributed by atoms with Gasteiger partial charge in [-0.2, -0.15) is 0 Å². The monoisotopic (exact) mass is 498 g/mol. The van der Waals surface area contributed by atoms with Crippen molar-refractivity contribution in [3.8, 4) is 0 Å². The van der Waals surface area contributed by atoms with Crippen LogP contribution in [-0.4, -0.2) is 54.7 Å². The van der Waals surface area contributed by atoms with Gasteiger partial charge in [-0.1, -0.05) is 30.3 Å². The lowest BCUT2D eigenvalue weighted by Gasteiger charge is -2.27. The Morgan fingerprint density at radius 1 is 1.08 bits per heavy atom. The number of hydrogen-bond acceptors (Lipinski definition) is 5. The molecule has 0 radical (unpaired) electrons. The first kappa shape index (κ1) is 25.4. The molecule has 0 N–H and O–H groups in total. The van der Waals surface area contributed by atoms with Crippen molar-refractivity contribution in [3.63, 3.8) is 0 Å². The number of benzene rings is 2. The average molecular weight is 499 g/mol. The molecule has 37 heavy (non-hydrogen) atoms. The maximum absolute atomic E-state index is 13.5. The molecule has 2 saturated heterocycles. The summed E-state index contributed by atoms with van der Waals surface area (Å²) in [6.07, 6.45) is 7.20. The number of hydrogen-bond donors (Lipinski definition) is 0. The Hall–Kier alpha value is -3.22. The lowest BCUT2D eigenvalue weighted by Crippen LogP contribution is -2.34. The van der Waals surface area contributed by atoms with E-state index in [1.54, 1.807) is 29.4 Å². The Kier molecular flexibility index (Phi) is 8.17. The van der Waals surface area contributed by atoms with Gasteiger partial charge in [0.15, 0.2) is 0 Å². The number of amides is 1. The summed E-state index contributed by atoms with van der Waals surface area (Å²) in [4.78, 5) is 24.5. The number of carbonyl (C=O) groups is 1. The molecule has 0 saturated carbocycles. The van der Waals surface area contributed by atoms with Crippen molar-refractivity contribution in [2.45, 2.75) is 45.8 Å². The second kappa shape index (κ2) is 11.9. The maximum Gasteiger partial charge on any atom is 0.261 e. The van der Waals surface area contributed by atoms with Crippen LogP contribution in [0.25, 0.3) is 0 Å². The first-order chi connectivity index (χ1) is 18.1. The third kappa shape index (κ3) is 6.20. The lowest BCUT2D eigenvalue weighted by molar-refractivity contribution is 0.0855. The van der Waals surface area contributed by atoms with Crippen LogP contribution >= 0.6 is 0 Å². The third-order valence-corrected chi connectivity index (χ3v) is 7.79. The van der Waals surface area contributed by atoms with Crippen LogP contribution in [-0.2, 0) is 11.3 Å². The Bertz CT molecular complexity index is 1170. The molecule has 0 spiro atoms. The molecule has 2 aliphatic rings. The van der Waals surface area contributed by atoms with Crippen molar-refractivity contribution < 1.29 is 9.53 Å². The van der Waals surface area contributed by atoms with Crippen LogP contribution in [0.4, 0.5) is 11.4 Å². The van der Waals surface area contributed by atoms with Gasteiger partial charge in [0.2, 0.25) is 0 Å². The molecule has 2 fully saturated rings. The van der Waals surface area contributed by atoms with Gasteiger partial charge in [-0.15, -0.1) is 0 Å². The fraction of sp³-hybridized carbons (Fsp3) is 0.419. The standard InChI is InChI=1S/C31H38N4O2/c1-24-18-29(34-17-14-27(21-34)20-33-16-7-8-25(33)2)12-13-30(24)35(31(36)28-11-6-15-32-19-28)23-37-22-26-9-4-3-5-10-26/h3-6,9-13,15,18-19,25,27H,7-8,14,16-17,20-23H2,1-2H3. The number of aromatic nitrogens is 1. The summed E-state index contributed by atoms with van der Waals surface area (Å²) < 4.78 is 6.02. The van der Waals surface area contributed by atoms with Gasteiger partial charge in [0, 0.05) is 49.4 Å². The minimum atomic E-state index is -0.113. The molecular formula is C31H38N4O2. The van der Waals surface area contributed by atoms with Crippen molar-refractivity contribution in [2.75, 3.05) is 42.7 Å². The van der Waals surface area contributed by atoms with E-state index in [1.165, 1.54) is 38.0 Å². The van der Waals surface area contributed by atoms with Crippen LogP contribution in [0.1, 0.15) is 47.7 Å². The van der Waals surface area contributed by atoms with Crippen molar-refractivity contribution in [1.82, 2.24) is 9.88 Å². The molecule has 0 bridgehead atoms. The zero-order valence-corrected chi connectivity index (χ0v) is 22.1. The highest BCUT2D eigenvalue weighted by atomic mass is 16.5. The molecule has 5 rings (SSSR count). The topological polar surface area (TPSA) is 48.9 Å². The number of pyridine rings is 1. The van der Waals surface area contributed by atoms with Gasteiger partial charge in [0.05, 0.1) is 12.2 Å². The summed E-state index contributed by atoms with van der Waals surface area (Å²) >= 11 is 0. The van der Waals surface area contributed by atoms with Gasteiger partial charge >= 0.3 is 0 Å². The highest BCUT2D eigenvalue weighted by molar-refractivity contribution is 6.06. The van der Waals surface area contributed by atoms with E-state index in [-0.39, 0.29) is 12.6 Å². The Balaban J connectivity index is 1.29. The van der Waals surface area contributed by atoms with Crippen molar-refractivity contribution in [3.05, 3.63) is 89.7 Å². The van der Waals surface area contributed by atoms with E-state index in [2.05, 4.69) is 46.8 Å². The zero-order chi connectivity index (χ0) is 25.6. The van der Waals surface area contributed by atoms with E-state index in [4.69, 9.17) is 4.74 Å². The summed E-state index contributed by atoms with van der Waals surface area (Å²) in [5.41, 5.74) is 4.79. The van der Waals surface area contributed by atoms with Gasteiger partial charge in [-0.05, 0) is 87.0 Å². The summed E-state index contributed by atoms with van der Waals surface area (Å²) in [7, 11) is 0. The van der Waals surface area contributed by atoms with Crippen LogP contribution in [0.2, 0.25) is 0 Å². The van der Waals surface area contributed by atoms with Crippen LogP contribution in [0.15, 0.2) is 73.1 Å². The predicted octanol–water partition coefficient (Wildman–Crippen LogP) is 5.52. The normalized spacial score (nSPS) is 19.9. The Morgan fingerprint density at radius 2 is 1.95 bits per heavy atom. The molecule has 2 aromatic carbocycles. The smallest absolute Gasteiger partial charge is 0.261 e. The fourth-order valence-corrected chi connectivity index (χ4v) is 5.66. The molecule has 1 amide bonds. The predicted molar refractivity (Wildman–Crippen MR) is 149 cm³/mol. The summed E-state index contributed by atoms with van der Waals surface area (Å²) in [5.74, 6) is 0.605. The van der Waals surface area contributed by atoms with E-state index in [9.17, 15) is 4.79 Å². The zero-order valence-electron chi connectivity index (χ0n) is 22.1. The molecule has 6 nitrogen and oxygen atoms in total. The number of rotatable bonds is 9. The summed E-state index contributed by atoms with van der Waals surface area (Å²) in [6.45, 7) is 9.70. The number of likely N-dealkylation sites (tertiary alicyclic amines) is 1. The minimum absolute atomic E-state index is 0.113. The average Bonchev–Trinajstić information content (AvgIpc) is 3.57. The maximum atomic E-state index is 13.5. The van der Waals surface area contributed by atoms with Gasteiger partial charge in [-0.3, -0.25) is 14.7 Å². The lowest BCUT2D eigenvalue weighted by atomic mass is 10.1.